The zero-order chi connectivity index (χ0) is 41.5. The molecule has 0 radical (unpaired) electrons. The van der Waals surface area contributed by atoms with E-state index in [1.165, 1.54) is 128 Å². The Morgan fingerprint density at radius 1 is 0.491 bits per heavy atom. The van der Waals surface area contributed by atoms with Crippen molar-refractivity contribution in [2.45, 2.75) is 264 Å². The lowest BCUT2D eigenvalue weighted by Gasteiger charge is -2.22. The molecule has 57 heavy (non-hydrogen) atoms. The maximum absolute atomic E-state index is 12.4. The molecule has 2 atom stereocenters. The summed E-state index contributed by atoms with van der Waals surface area (Å²) >= 11 is 0. The molecule has 0 saturated carbocycles. The van der Waals surface area contributed by atoms with Crippen LogP contribution in [0.2, 0.25) is 0 Å². The lowest BCUT2D eigenvalue weighted by Crippen LogP contribution is -2.45. The Balaban J connectivity index is 3.55. The van der Waals surface area contributed by atoms with Crippen molar-refractivity contribution in [3.8, 4) is 0 Å². The van der Waals surface area contributed by atoms with Crippen LogP contribution in [0, 0.1) is 0 Å². The van der Waals surface area contributed by atoms with Crippen molar-refractivity contribution in [2.24, 2.45) is 0 Å². The first-order valence-electron chi connectivity index (χ1n) is 24.7. The lowest BCUT2D eigenvalue weighted by atomic mass is 10.0. The number of rotatable bonds is 45. The van der Waals surface area contributed by atoms with Crippen molar-refractivity contribution in [2.75, 3.05) is 13.2 Å². The van der Waals surface area contributed by atoms with Gasteiger partial charge in [-0.2, -0.15) is 0 Å². The molecular weight excluding hydrogens is 707 g/mol. The molecule has 6 nitrogen and oxygen atoms in total. The summed E-state index contributed by atoms with van der Waals surface area (Å²) in [6, 6.07) is -0.567. The first-order chi connectivity index (χ1) is 28.0. The maximum atomic E-state index is 12.4. The van der Waals surface area contributed by atoms with Gasteiger partial charge in [-0.25, -0.2) is 0 Å². The molecule has 0 heterocycles. The third-order valence-corrected chi connectivity index (χ3v) is 11.2. The van der Waals surface area contributed by atoms with E-state index < -0.39 is 12.1 Å². The average Bonchev–Trinajstić information content (AvgIpc) is 3.21. The van der Waals surface area contributed by atoms with Crippen LogP contribution < -0.4 is 5.32 Å². The molecule has 3 N–H and O–H groups in total. The summed E-state index contributed by atoms with van der Waals surface area (Å²) in [6.45, 7) is 4.83. The number of carbonyl (C=O) groups is 2. The zero-order valence-electron chi connectivity index (χ0n) is 37.8. The molecule has 334 valence electrons. The second kappa shape index (κ2) is 46.8. The Kier molecular flexibility index (Phi) is 45.2. The second-order valence-corrected chi connectivity index (χ2v) is 16.8. The molecule has 6 heteroatoms. The Morgan fingerprint density at radius 2 is 0.877 bits per heavy atom. The summed E-state index contributed by atoms with van der Waals surface area (Å²) in [5.74, 6) is -0.123. The minimum Gasteiger partial charge on any atom is -0.466 e. The van der Waals surface area contributed by atoms with Crippen molar-refractivity contribution in [3.05, 3.63) is 36.5 Å². The van der Waals surface area contributed by atoms with Gasteiger partial charge in [0.15, 0.2) is 0 Å². The van der Waals surface area contributed by atoms with Crippen LogP contribution in [-0.2, 0) is 14.3 Å². The van der Waals surface area contributed by atoms with E-state index in [9.17, 15) is 19.8 Å². The fourth-order valence-corrected chi connectivity index (χ4v) is 7.31. The molecule has 0 aromatic rings. The number of aliphatic hydroxyl groups excluding tert-OH is 2. The summed E-state index contributed by atoms with van der Waals surface area (Å²) in [7, 11) is 0. The number of allylic oxidation sites excluding steroid dienone is 6. The number of aliphatic hydroxyl groups is 2. The number of unbranched alkanes of at least 4 members (excludes halogenated alkanes) is 28. The molecule has 0 saturated heterocycles. The van der Waals surface area contributed by atoms with E-state index in [2.05, 4.69) is 55.6 Å². The van der Waals surface area contributed by atoms with Crippen molar-refractivity contribution in [3.63, 3.8) is 0 Å². The molecule has 0 fully saturated rings. The largest absolute Gasteiger partial charge is 0.466 e. The number of ether oxygens (including phenoxy) is 1. The highest BCUT2D eigenvalue weighted by Gasteiger charge is 2.20. The summed E-state index contributed by atoms with van der Waals surface area (Å²) in [5.41, 5.74) is 0. The van der Waals surface area contributed by atoms with Gasteiger partial charge in [-0.1, -0.05) is 192 Å². The minimum absolute atomic E-state index is 0.0504. The van der Waals surface area contributed by atoms with E-state index in [0.717, 1.165) is 89.9 Å². The molecule has 0 aromatic carbocycles. The first kappa shape index (κ1) is 55.1. The van der Waals surface area contributed by atoms with Crippen molar-refractivity contribution in [1.82, 2.24) is 5.32 Å². The Hall–Kier alpha value is -1.92. The Labute approximate surface area is 353 Å². The highest BCUT2D eigenvalue weighted by atomic mass is 16.5. The van der Waals surface area contributed by atoms with Crippen LogP contribution in [0.4, 0.5) is 0 Å². The van der Waals surface area contributed by atoms with E-state index in [1.807, 2.05) is 0 Å². The van der Waals surface area contributed by atoms with Gasteiger partial charge in [-0.3, -0.25) is 9.59 Å². The smallest absolute Gasteiger partial charge is 0.305 e. The van der Waals surface area contributed by atoms with Gasteiger partial charge in [-0.15, -0.1) is 0 Å². The monoisotopic (exact) mass is 802 g/mol. The van der Waals surface area contributed by atoms with E-state index in [-0.39, 0.29) is 18.5 Å². The predicted octanol–water partition coefficient (Wildman–Crippen LogP) is 14.5. The number of amides is 1. The molecule has 0 aliphatic rings. The SMILES string of the molecule is CCCCCC/C=C\C/C=C\CCCCCCCC(=O)OCCCC/C=C\CCCCCCC(=O)NC(CO)C(O)CCCCCCCCCCCCCCCC. The number of hydrogen-bond acceptors (Lipinski definition) is 5. The number of esters is 1. The Bertz CT molecular complexity index is 931. The molecule has 0 spiro atoms. The van der Waals surface area contributed by atoms with Crippen molar-refractivity contribution >= 4 is 11.9 Å². The van der Waals surface area contributed by atoms with Gasteiger partial charge >= 0.3 is 5.97 Å². The van der Waals surface area contributed by atoms with E-state index in [0.29, 0.717) is 25.9 Å². The van der Waals surface area contributed by atoms with E-state index in [4.69, 9.17) is 4.74 Å². The van der Waals surface area contributed by atoms with Crippen molar-refractivity contribution < 1.29 is 24.5 Å². The van der Waals surface area contributed by atoms with E-state index in [1.54, 1.807) is 0 Å². The van der Waals surface area contributed by atoms with Gasteiger partial charge < -0.3 is 20.3 Å². The molecule has 1 amide bonds. The summed E-state index contributed by atoms with van der Waals surface area (Å²) in [4.78, 5) is 24.4. The van der Waals surface area contributed by atoms with Gasteiger partial charge in [0.25, 0.3) is 0 Å². The molecule has 0 rings (SSSR count). The standard InChI is InChI=1S/C51H95NO5/c1-3-5-7-9-11-13-15-17-19-20-22-24-29-33-37-41-45-51(56)57-46-42-38-34-30-26-25-28-32-36-40-44-50(55)52-48(47-53)49(54)43-39-35-31-27-23-21-18-16-14-12-10-8-6-4-2/h13,15,19-20,26,30,48-49,53-54H,3-12,14,16-18,21-25,27-29,31-47H2,1-2H3,(H,52,55)/b15-13-,20-19-,30-26-. The van der Waals surface area contributed by atoms with Gasteiger partial charge in [0, 0.05) is 12.8 Å². The van der Waals surface area contributed by atoms with Crippen LogP contribution in [-0.4, -0.2) is 47.4 Å². The molecule has 0 bridgehead atoms. The topological polar surface area (TPSA) is 95.9 Å². The highest BCUT2D eigenvalue weighted by Crippen LogP contribution is 2.15. The number of nitrogens with one attached hydrogen (secondary N) is 1. The van der Waals surface area contributed by atoms with Gasteiger partial charge in [0.1, 0.15) is 0 Å². The zero-order valence-corrected chi connectivity index (χ0v) is 37.8. The average molecular weight is 802 g/mol. The van der Waals surface area contributed by atoms with Crippen LogP contribution in [0.5, 0.6) is 0 Å². The lowest BCUT2D eigenvalue weighted by molar-refractivity contribution is -0.143. The summed E-state index contributed by atoms with van der Waals surface area (Å²) in [6.07, 6.45) is 55.3. The third kappa shape index (κ3) is 43.5. The second-order valence-electron chi connectivity index (χ2n) is 16.8. The molecule has 2 unspecified atom stereocenters. The van der Waals surface area contributed by atoms with Crippen LogP contribution >= 0.6 is 0 Å². The van der Waals surface area contributed by atoms with Crippen LogP contribution in [0.1, 0.15) is 251 Å². The fourth-order valence-electron chi connectivity index (χ4n) is 7.31. The summed E-state index contributed by atoms with van der Waals surface area (Å²) < 4.78 is 5.42. The van der Waals surface area contributed by atoms with Gasteiger partial charge in [-0.05, 0) is 83.5 Å². The van der Waals surface area contributed by atoms with Crippen LogP contribution in [0.15, 0.2) is 36.5 Å². The minimum atomic E-state index is -0.686. The first-order valence-corrected chi connectivity index (χ1v) is 24.7. The van der Waals surface area contributed by atoms with Crippen molar-refractivity contribution in [1.29, 1.82) is 0 Å². The number of hydrogen-bond donors (Lipinski definition) is 3. The highest BCUT2D eigenvalue weighted by molar-refractivity contribution is 5.76. The number of carbonyl (C=O) groups excluding carboxylic acids is 2. The third-order valence-electron chi connectivity index (χ3n) is 11.2. The van der Waals surface area contributed by atoms with Crippen LogP contribution in [0.25, 0.3) is 0 Å². The summed E-state index contributed by atoms with van der Waals surface area (Å²) in [5, 5.41) is 23.2. The molecule has 0 aliphatic heterocycles. The van der Waals surface area contributed by atoms with E-state index >= 15 is 0 Å². The molecular formula is C51H95NO5. The predicted molar refractivity (Wildman–Crippen MR) is 246 cm³/mol. The quantitative estimate of drug-likeness (QED) is 0.0324. The van der Waals surface area contributed by atoms with Gasteiger partial charge in [0.05, 0.1) is 25.4 Å². The molecule has 0 aromatic heterocycles. The van der Waals surface area contributed by atoms with Crippen LogP contribution in [0.3, 0.4) is 0 Å². The molecule has 0 aliphatic carbocycles. The van der Waals surface area contributed by atoms with Gasteiger partial charge in [0.2, 0.25) is 5.91 Å². The fraction of sp³-hybridized carbons (Fsp3) is 0.843. The Morgan fingerprint density at radius 3 is 1.37 bits per heavy atom. The normalized spacial score (nSPS) is 13.0. The maximum Gasteiger partial charge on any atom is 0.305 e.